The first kappa shape index (κ1) is 13.5. The van der Waals surface area contributed by atoms with Crippen LogP contribution < -0.4 is 0 Å². The second-order valence-corrected chi connectivity index (χ2v) is 4.77. The predicted molar refractivity (Wildman–Crippen MR) is 68.4 cm³/mol. The zero-order valence-corrected chi connectivity index (χ0v) is 10.7. The van der Waals surface area contributed by atoms with Crippen LogP contribution >= 0.6 is 0 Å². The molecule has 0 aliphatic carbocycles. The minimum absolute atomic E-state index is 0.104. The van der Waals surface area contributed by atoms with Gasteiger partial charge < -0.3 is 9.84 Å². The van der Waals surface area contributed by atoms with E-state index >= 15 is 0 Å². The maximum atomic E-state index is 11.1. The van der Waals surface area contributed by atoms with Gasteiger partial charge >= 0.3 is 5.97 Å². The highest BCUT2D eigenvalue weighted by molar-refractivity contribution is 5.71. The number of carboxylic acid groups (broad SMARTS) is 1. The fraction of sp³-hybridized carbons (Fsp3) is 0.429. The Morgan fingerprint density at radius 1 is 1.47 bits per heavy atom. The third-order valence-corrected chi connectivity index (χ3v) is 3.45. The van der Waals surface area contributed by atoms with Crippen molar-refractivity contribution >= 4 is 5.97 Å². The van der Waals surface area contributed by atoms with Crippen LogP contribution in [0, 0.1) is 17.2 Å². The number of likely N-dealkylation sites (N-methyl/N-ethyl adjacent to an activating group) is 1. The molecular weight excluding hydrogens is 244 g/mol. The van der Waals surface area contributed by atoms with Gasteiger partial charge in [0.1, 0.15) is 0 Å². The van der Waals surface area contributed by atoms with Crippen LogP contribution in [0.15, 0.2) is 24.3 Å². The first-order valence-electron chi connectivity index (χ1n) is 6.11. The van der Waals surface area contributed by atoms with E-state index in [1.165, 1.54) is 0 Å². The molecule has 0 radical (unpaired) electrons. The molecule has 0 amide bonds. The lowest BCUT2D eigenvalue weighted by atomic mass is 10.0. The monoisotopic (exact) mass is 260 g/mol. The van der Waals surface area contributed by atoms with Gasteiger partial charge in [-0.3, -0.25) is 9.69 Å². The van der Waals surface area contributed by atoms with E-state index in [-0.39, 0.29) is 12.6 Å². The third kappa shape index (κ3) is 3.11. The van der Waals surface area contributed by atoms with Crippen LogP contribution in [0.2, 0.25) is 0 Å². The van der Waals surface area contributed by atoms with Crippen LogP contribution in [0.3, 0.4) is 0 Å². The van der Waals surface area contributed by atoms with E-state index in [1.807, 2.05) is 24.1 Å². The number of carboxylic acids is 1. The molecule has 1 aliphatic rings. The van der Waals surface area contributed by atoms with E-state index < -0.39 is 11.9 Å². The summed E-state index contributed by atoms with van der Waals surface area (Å²) in [6, 6.07) is 9.28. The molecule has 1 saturated heterocycles. The molecule has 1 heterocycles. The molecule has 2 unspecified atom stereocenters. The second-order valence-electron chi connectivity index (χ2n) is 4.77. The normalized spacial score (nSPS) is 22.4. The lowest BCUT2D eigenvalue weighted by molar-refractivity contribution is -0.143. The first-order valence-corrected chi connectivity index (χ1v) is 6.11. The van der Waals surface area contributed by atoms with Crippen molar-refractivity contribution in [1.29, 1.82) is 5.26 Å². The zero-order chi connectivity index (χ0) is 13.8. The summed E-state index contributed by atoms with van der Waals surface area (Å²) in [6.07, 6.45) is 0. The highest BCUT2D eigenvalue weighted by Gasteiger charge is 2.36. The van der Waals surface area contributed by atoms with Gasteiger partial charge in [-0.05, 0) is 24.7 Å². The van der Waals surface area contributed by atoms with Crippen molar-refractivity contribution in [1.82, 2.24) is 4.90 Å². The lowest BCUT2D eigenvalue weighted by Gasteiger charge is -2.26. The minimum Gasteiger partial charge on any atom is -0.481 e. The van der Waals surface area contributed by atoms with Crippen molar-refractivity contribution in [2.45, 2.75) is 12.6 Å². The van der Waals surface area contributed by atoms with Gasteiger partial charge in [0.25, 0.3) is 0 Å². The highest BCUT2D eigenvalue weighted by atomic mass is 16.5. The summed E-state index contributed by atoms with van der Waals surface area (Å²) in [4.78, 5) is 13.1. The van der Waals surface area contributed by atoms with Crippen LogP contribution in [-0.2, 0) is 16.1 Å². The second kappa shape index (κ2) is 5.83. The number of hydrogen-bond donors (Lipinski definition) is 1. The number of hydrogen-bond acceptors (Lipinski definition) is 4. The van der Waals surface area contributed by atoms with E-state index in [1.54, 1.807) is 12.1 Å². The molecule has 2 atom stereocenters. The Kier molecular flexibility index (Phi) is 4.15. The molecule has 0 spiro atoms. The quantitative estimate of drug-likeness (QED) is 0.877. The van der Waals surface area contributed by atoms with Crippen molar-refractivity contribution in [2.75, 3.05) is 20.3 Å². The van der Waals surface area contributed by atoms with Crippen molar-refractivity contribution in [3.05, 3.63) is 35.4 Å². The zero-order valence-electron chi connectivity index (χ0n) is 10.7. The summed E-state index contributed by atoms with van der Waals surface area (Å²) in [5.41, 5.74) is 1.68. The molecule has 5 heteroatoms. The number of nitriles is 1. The number of aliphatic carboxylic acids is 1. The molecule has 0 aromatic heterocycles. The summed E-state index contributed by atoms with van der Waals surface area (Å²) in [5, 5.41) is 17.9. The minimum atomic E-state index is -0.811. The van der Waals surface area contributed by atoms with Gasteiger partial charge in [-0.2, -0.15) is 5.26 Å². The smallest absolute Gasteiger partial charge is 0.310 e. The van der Waals surface area contributed by atoms with E-state index in [4.69, 9.17) is 15.1 Å². The molecule has 1 aromatic rings. The Labute approximate surface area is 112 Å². The topological polar surface area (TPSA) is 73.6 Å². The molecule has 2 rings (SSSR count). The van der Waals surface area contributed by atoms with Crippen LogP contribution in [0.1, 0.15) is 11.1 Å². The summed E-state index contributed by atoms with van der Waals surface area (Å²) in [5.74, 6) is -1.28. The average molecular weight is 260 g/mol. The van der Waals surface area contributed by atoms with Gasteiger partial charge in [-0.1, -0.05) is 12.1 Å². The standard InChI is InChI=1S/C14H16N2O3/c1-16(13-9-19-8-12(13)14(17)18)7-11-4-2-10(6-15)3-5-11/h2-5,12-13H,7-9H2,1H3,(H,17,18). The number of ether oxygens (including phenoxy) is 1. The molecule has 1 N–H and O–H groups in total. The van der Waals surface area contributed by atoms with Gasteiger partial charge in [0.15, 0.2) is 0 Å². The Balaban J connectivity index is 2.02. The van der Waals surface area contributed by atoms with E-state index in [9.17, 15) is 4.79 Å². The number of rotatable bonds is 4. The summed E-state index contributed by atoms with van der Waals surface area (Å²) < 4.78 is 5.26. The summed E-state index contributed by atoms with van der Waals surface area (Å²) >= 11 is 0. The van der Waals surface area contributed by atoms with Crippen LogP contribution in [0.25, 0.3) is 0 Å². The van der Waals surface area contributed by atoms with Crippen LogP contribution in [-0.4, -0.2) is 42.3 Å². The Bertz CT molecular complexity index is 492. The molecule has 5 nitrogen and oxygen atoms in total. The first-order chi connectivity index (χ1) is 9.11. The fourth-order valence-electron chi connectivity index (χ4n) is 2.30. The Morgan fingerprint density at radius 2 is 2.16 bits per heavy atom. The highest BCUT2D eigenvalue weighted by Crippen LogP contribution is 2.20. The van der Waals surface area contributed by atoms with Crippen LogP contribution in [0.4, 0.5) is 0 Å². The van der Waals surface area contributed by atoms with E-state index in [2.05, 4.69) is 6.07 Å². The number of benzene rings is 1. The molecular formula is C14H16N2O3. The van der Waals surface area contributed by atoms with Crippen LogP contribution in [0.5, 0.6) is 0 Å². The Hall–Kier alpha value is -1.90. The molecule has 100 valence electrons. The van der Waals surface area contributed by atoms with Crippen molar-refractivity contribution in [2.24, 2.45) is 5.92 Å². The largest absolute Gasteiger partial charge is 0.481 e. The SMILES string of the molecule is CN(Cc1ccc(C#N)cc1)C1COCC1C(=O)O. The molecule has 19 heavy (non-hydrogen) atoms. The molecule has 1 fully saturated rings. The van der Waals surface area contributed by atoms with E-state index in [0.717, 1.165) is 5.56 Å². The van der Waals surface area contributed by atoms with Gasteiger partial charge in [-0.25, -0.2) is 0 Å². The van der Waals surface area contributed by atoms with Gasteiger partial charge in [0, 0.05) is 12.6 Å². The summed E-state index contributed by atoms with van der Waals surface area (Å²) in [6.45, 7) is 1.37. The van der Waals surface area contributed by atoms with Gasteiger partial charge in [0.2, 0.25) is 0 Å². The van der Waals surface area contributed by atoms with Crippen molar-refractivity contribution in [3.8, 4) is 6.07 Å². The fourth-order valence-corrected chi connectivity index (χ4v) is 2.30. The third-order valence-electron chi connectivity index (χ3n) is 3.45. The van der Waals surface area contributed by atoms with Crippen molar-refractivity contribution < 1.29 is 14.6 Å². The molecule has 1 aromatic carbocycles. The maximum absolute atomic E-state index is 11.1. The van der Waals surface area contributed by atoms with Gasteiger partial charge in [-0.15, -0.1) is 0 Å². The molecule has 0 bridgehead atoms. The lowest BCUT2D eigenvalue weighted by Crippen LogP contribution is -2.40. The Morgan fingerprint density at radius 3 is 2.74 bits per heavy atom. The summed E-state index contributed by atoms with van der Waals surface area (Å²) in [7, 11) is 1.90. The predicted octanol–water partition coefficient (Wildman–Crippen LogP) is 1.09. The molecule has 0 saturated carbocycles. The molecule has 1 aliphatic heterocycles. The number of carbonyl (C=O) groups is 1. The maximum Gasteiger partial charge on any atom is 0.310 e. The van der Waals surface area contributed by atoms with E-state index in [0.29, 0.717) is 18.7 Å². The van der Waals surface area contributed by atoms with Crippen molar-refractivity contribution in [3.63, 3.8) is 0 Å². The average Bonchev–Trinajstić information content (AvgIpc) is 2.89. The van der Waals surface area contributed by atoms with Gasteiger partial charge in [0.05, 0.1) is 30.8 Å². The number of nitrogens with zero attached hydrogens (tertiary/aromatic N) is 2.